The molecule has 0 atom stereocenters. The van der Waals surface area contributed by atoms with Gasteiger partial charge >= 0.3 is 303 Å². The SMILES string of the molecule is CC(=O)Nc1ccc2ccccc2c1-c1c([Se][Se]c2ccc3ccccc3c2-c2c(NC(C)=O)ccc3ccccc23)ccc2ccccc12. The quantitative estimate of drug-likeness (QED) is 0.159. The summed E-state index contributed by atoms with van der Waals surface area (Å²) in [6.45, 7) is 3.14. The minimum atomic E-state index is -0.0936. The van der Waals surface area contributed by atoms with E-state index in [2.05, 4.69) is 144 Å². The average Bonchev–Trinajstić information content (AvgIpc) is 3.13. The first-order valence-electron chi connectivity index (χ1n) is 16.4. The Hall–Kier alpha value is -5.22. The molecule has 0 aromatic heterocycles. The number of anilines is 2. The van der Waals surface area contributed by atoms with Gasteiger partial charge in [-0.15, -0.1) is 0 Å². The maximum atomic E-state index is 12.5. The van der Waals surface area contributed by atoms with Crippen molar-refractivity contribution in [3.05, 3.63) is 146 Å². The minimum absolute atomic E-state index is 0.0484. The number of nitrogens with one attached hydrogen (secondary N) is 2. The van der Waals surface area contributed by atoms with Crippen molar-refractivity contribution in [3.63, 3.8) is 0 Å². The molecule has 8 rings (SSSR count). The van der Waals surface area contributed by atoms with Gasteiger partial charge in [-0.3, -0.25) is 0 Å². The first kappa shape index (κ1) is 32.0. The monoisotopic (exact) mass is 780 g/mol. The summed E-state index contributed by atoms with van der Waals surface area (Å²) in [5, 5.41) is 15.5. The molecule has 8 aromatic carbocycles. The van der Waals surface area contributed by atoms with E-state index < -0.39 is 0 Å². The van der Waals surface area contributed by atoms with Gasteiger partial charge in [0.1, 0.15) is 0 Å². The Balaban J connectivity index is 1.35. The molecule has 2 N–H and O–H groups in total. The number of carbonyl (C=O) groups is 2. The van der Waals surface area contributed by atoms with E-state index in [1.165, 1.54) is 41.6 Å². The Labute approximate surface area is 301 Å². The van der Waals surface area contributed by atoms with Crippen LogP contribution in [0.4, 0.5) is 11.4 Å². The first-order valence-corrected chi connectivity index (χ1v) is 22.5. The molecule has 0 spiro atoms. The third kappa shape index (κ3) is 5.98. The molecule has 0 saturated heterocycles. The summed E-state index contributed by atoms with van der Waals surface area (Å²) in [6.07, 6.45) is 0. The van der Waals surface area contributed by atoms with Gasteiger partial charge < -0.3 is 0 Å². The van der Waals surface area contributed by atoms with Gasteiger partial charge in [-0.25, -0.2) is 0 Å². The molecule has 0 fully saturated rings. The van der Waals surface area contributed by atoms with Crippen molar-refractivity contribution in [3.8, 4) is 22.3 Å². The zero-order chi connectivity index (χ0) is 34.2. The van der Waals surface area contributed by atoms with Crippen LogP contribution in [0.2, 0.25) is 0 Å². The zero-order valence-electron chi connectivity index (χ0n) is 27.5. The predicted molar refractivity (Wildman–Crippen MR) is 213 cm³/mol. The van der Waals surface area contributed by atoms with E-state index in [0.717, 1.165) is 44.0 Å². The molecular weight excluding hydrogens is 746 g/mol. The van der Waals surface area contributed by atoms with Crippen LogP contribution in [-0.4, -0.2) is 38.1 Å². The fourth-order valence-corrected chi connectivity index (χ4v) is 14.0. The summed E-state index contributed by atoms with van der Waals surface area (Å²) in [5.74, 6) is -0.187. The van der Waals surface area contributed by atoms with Crippen molar-refractivity contribution in [2.45, 2.75) is 13.8 Å². The maximum absolute atomic E-state index is 12.5. The number of hydrogen-bond acceptors (Lipinski definition) is 2. The Morgan fingerprint density at radius 1 is 0.380 bits per heavy atom. The molecule has 6 heteroatoms. The van der Waals surface area contributed by atoms with Gasteiger partial charge in [-0.1, -0.05) is 0 Å². The molecule has 0 radical (unpaired) electrons. The second-order valence-electron chi connectivity index (χ2n) is 12.3. The molecule has 8 aromatic rings. The predicted octanol–water partition coefficient (Wildman–Crippen LogP) is 8.82. The normalized spacial score (nSPS) is 11.3. The van der Waals surface area contributed by atoms with Crippen molar-refractivity contribution < 1.29 is 9.59 Å². The number of benzene rings is 8. The first-order chi connectivity index (χ1) is 24.5. The molecule has 0 aliphatic rings. The van der Waals surface area contributed by atoms with Gasteiger partial charge in [0, 0.05) is 0 Å². The molecule has 4 nitrogen and oxygen atoms in total. The molecule has 0 bridgehead atoms. The standard InChI is InChI=1S/C44H32N2O2Se2/c1-27(47)45-37-23-19-29-11-3-7-15-33(29)41(37)43-35-17-9-5-13-31(35)21-25-39(43)49-50-40-26-22-32-14-6-10-18-36(32)44(40)42-34-16-8-4-12-30(34)20-24-38(42)46-28(2)48/h3-26H,1-2H3,(H,45,47)(H,46,48). The fourth-order valence-electron chi connectivity index (χ4n) is 6.92. The Bertz CT molecular complexity index is 2450. The fraction of sp³-hybridized carbons (Fsp3) is 0.0455. The molecule has 0 unspecified atom stereocenters. The zero-order valence-corrected chi connectivity index (χ0v) is 30.9. The van der Waals surface area contributed by atoms with E-state index in [-0.39, 0.29) is 38.1 Å². The van der Waals surface area contributed by atoms with E-state index in [1.54, 1.807) is 13.8 Å². The molecule has 0 aliphatic carbocycles. The number of amides is 2. The second-order valence-corrected chi connectivity index (χ2v) is 18.4. The third-order valence-electron chi connectivity index (χ3n) is 8.98. The van der Waals surface area contributed by atoms with Crippen LogP contribution in [0.3, 0.4) is 0 Å². The van der Waals surface area contributed by atoms with Crippen molar-refractivity contribution in [2.75, 3.05) is 10.6 Å². The molecule has 0 heterocycles. The van der Waals surface area contributed by atoms with Crippen LogP contribution in [-0.2, 0) is 9.59 Å². The van der Waals surface area contributed by atoms with E-state index >= 15 is 0 Å². The van der Waals surface area contributed by atoms with Crippen LogP contribution in [0.1, 0.15) is 13.8 Å². The molecule has 50 heavy (non-hydrogen) atoms. The van der Waals surface area contributed by atoms with Crippen molar-refractivity contribution in [2.24, 2.45) is 0 Å². The van der Waals surface area contributed by atoms with Crippen LogP contribution in [0.5, 0.6) is 0 Å². The van der Waals surface area contributed by atoms with Crippen LogP contribution >= 0.6 is 0 Å². The Kier molecular flexibility index (Phi) is 8.70. The number of fused-ring (bicyclic) bond motifs is 4. The molecule has 242 valence electrons. The average molecular weight is 779 g/mol. The topological polar surface area (TPSA) is 58.2 Å². The van der Waals surface area contributed by atoms with E-state index in [1.807, 2.05) is 12.1 Å². The van der Waals surface area contributed by atoms with Gasteiger partial charge in [0.2, 0.25) is 0 Å². The molecule has 0 aliphatic heterocycles. The van der Waals surface area contributed by atoms with E-state index in [4.69, 9.17) is 0 Å². The van der Waals surface area contributed by atoms with Crippen LogP contribution < -0.4 is 19.6 Å². The summed E-state index contributed by atoms with van der Waals surface area (Å²) in [7, 11) is 0. The van der Waals surface area contributed by atoms with Gasteiger partial charge in [0.15, 0.2) is 0 Å². The molecular formula is C44H32N2O2Se2. The van der Waals surface area contributed by atoms with Crippen LogP contribution in [0.15, 0.2) is 146 Å². The van der Waals surface area contributed by atoms with Crippen LogP contribution in [0, 0.1) is 0 Å². The number of hydrogen-bond donors (Lipinski definition) is 2. The number of rotatable bonds is 7. The summed E-state index contributed by atoms with van der Waals surface area (Å²) in [4.78, 5) is 25.1. The summed E-state index contributed by atoms with van der Waals surface area (Å²) >= 11 is 0.0968. The second kappa shape index (κ2) is 13.6. The summed E-state index contributed by atoms with van der Waals surface area (Å²) in [5.41, 5.74) is 6.11. The number of carbonyl (C=O) groups excluding carboxylic acids is 2. The van der Waals surface area contributed by atoms with Crippen molar-refractivity contribution in [1.82, 2.24) is 0 Å². The van der Waals surface area contributed by atoms with E-state index in [0.29, 0.717) is 0 Å². The molecule has 0 saturated carbocycles. The van der Waals surface area contributed by atoms with Gasteiger partial charge in [0.25, 0.3) is 0 Å². The van der Waals surface area contributed by atoms with Gasteiger partial charge in [-0.2, -0.15) is 0 Å². The van der Waals surface area contributed by atoms with Crippen molar-refractivity contribution >= 4 is 101 Å². The van der Waals surface area contributed by atoms with Crippen molar-refractivity contribution in [1.29, 1.82) is 0 Å². The Morgan fingerprint density at radius 2 is 0.680 bits per heavy atom. The van der Waals surface area contributed by atoms with Crippen LogP contribution in [0.25, 0.3) is 65.3 Å². The summed E-state index contributed by atoms with van der Waals surface area (Å²) in [6, 6.07) is 51.2. The summed E-state index contributed by atoms with van der Waals surface area (Å²) < 4.78 is 2.58. The van der Waals surface area contributed by atoms with Gasteiger partial charge in [-0.05, 0) is 0 Å². The molecule has 2 amide bonds. The van der Waals surface area contributed by atoms with E-state index in [9.17, 15) is 9.59 Å². The van der Waals surface area contributed by atoms with Gasteiger partial charge in [0.05, 0.1) is 0 Å². The third-order valence-corrected chi connectivity index (χ3v) is 16.2. The Morgan fingerprint density at radius 3 is 1.02 bits per heavy atom.